The van der Waals surface area contributed by atoms with Crippen molar-refractivity contribution in [1.82, 2.24) is 10.3 Å². The fourth-order valence-electron chi connectivity index (χ4n) is 2.80. The summed E-state index contributed by atoms with van der Waals surface area (Å²) in [7, 11) is -0.582. The predicted octanol–water partition coefficient (Wildman–Crippen LogP) is 4.84. The van der Waals surface area contributed by atoms with Crippen molar-refractivity contribution < 1.29 is 18.8 Å². The maximum atomic E-state index is 12.2. The summed E-state index contributed by atoms with van der Waals surface area (Å²) in [6.45, 7) is 13.7. The van der Waals surface area contributed by atoms with Gasteiger partial charge < -0.3 is 19.4 Å². The number of thiazole rings is 1. The molecule has 1 aromatic carbocycles. The third-order valence-electron chi connectivity index (χ3n) is 5.01. The summed E-state index contributed by atoms with van der Waals surface area (Å²) in [5.41, 5.74) is 0.211. The molecule has 0 bridgehead atoms. The fraction of sp³-hybridized carbons (Fsp3) is 0.524. The van der Waals surface area contributed by atoms with Gasteiger partial charge in [-0.05, 0) is 72.1 Å². The highest BCUT2D eigenvalue weighted by atomic mass is 32.1. The van der Waals surface area contributed by atoms with E-state index in [-0.39, 0.29) is 6.54 Å². The SMILES string of the molecule is CC(C)(C)OC(=O)NCC(=Cc1nc2ccccc2s1)B1OC(C)(C)C(C)(C)O1. The van der Waals surface area contributed by atoms with Crippen molar-refractivity contribution in [2.45, 2.75) is 65.3 Å². The Balaban J connectivity index is 1.86. The van der Waals surface area contributed by atoms with E-state index in [0.29, 0.717) is 0 Å². The smallest absolute Gasteiger partial charge is 0.444 e. The number of ether oxygens (including phenoxy) is 1. The minimum atomic E-state index is -0.582. The van der Waals surface area contributed by atoms with Crippen LogP contribution in [0.3, 0.4) is 0 Å². The van der Waals surface area contributed by atoms with E-state index < -0.39 is 30.0 Å². The minimum Gasteiger partial charge on any atom is -0.444 e. The molecule has 1 N–H and O–H groups in total. The van der Waals surface area contributed by atoms with E-state index in [1.807, 2.05) is 78.8 Å². The van der Waals surface area contributed by atoms with E-state index >= 15 is 0 Å². The van der Waals surface area contributed by atoms with E-state index in [0.717, 1.165) is 20.7 Å². The lowest BCUT2D eigenvalue weighted by Gasteiger charge is -2.32. The molecule has 8 heteroatoms. The number of hydrogen-bond acceptors (Lipinski definition) is 6. The molecule has 1 fully saturated rings. The van der Waals surface area contributed by atoms with Gasteiger partial charge in [0.2, 0.25) is 0 Å². The number of para-hydroxylation sites is 1. The van der Waals surface area contributed by atoms with Crippen molar-refractivity contribution in [3.05, 3.63) is 34.7 Å². The van der Waals surface area contributed by atoms with Crippen LogP contribution in [0.1, 0.15) is 53.5 Å². The number of benzene rings is 1. The largest absolute Gasteiger partial charge is 0.492 e. The zero-order chi connectivity index (χ0) is 21.4. The molecule has 2 aromatic rings. The Morgan fingerprint density at radius 3 is 2.41 bits per heavy atom. The van der Waals surface area contributed by atoms with Gasteiger partial charge in [0.1, 0.15) is 10.6 Å². The van der Waals surface area contributed by atoms with Gasteiger partial charge in [0.05, 0.1) is 21.4 Å². The average molecular weight is 416 g/mol. The molecule has 1 aliphatic rings. The van der Waals surface area contributed by atoms with Gasteiger partial charge in [-0.3, -0.25) is 0 Å². The van der Waals surface area contributed by atoms with Crippen molar-refractivity contribution >= 4 is 40.8 Å². The first-order chi connectivity index (χ1) is 13.4. The van der Waals surface area contributed by atoms with Gasteiger partial charge in [-0.1, -0.05) is 12.1 Å². The molecule has 3 rings (SSSR count). The first kappa shape index (κ1) is 21.8. The number of rotatable bonds is 4. The molecule has 0 aliphatic carbocycles. The molecule has 1 aromatic heterocycles. The molecule has 1 aliphatic heterocycles. The number of nitrogens with one attached hydrogen (secondary N) is 1. The van der Waals surface area contributed by atoms with E-state index in [4.69, 9.17) is 14.0 Å². The van der Waals surface area contributed by atoms with Crippen molar-refractivity contribution in [3.63, 3.8) is 0 Å². The van der Waals surface area contributed by atoms with Crippen molar-refractivity contribution in [1.29, 1.82) is 0 Å². The van der Waals surface area contributed by atoms with Crippen molar-refractivity contribution in [3.8, 4) is 0 Å². The van der Waals surface area contributed by atoms with Crippen LogP contribution in [0.5, 0.6) is 0 Å². The van der Waals surface area contributed by atoms with Crippen LogP contribution in [0.25, 0.3) is 16.3 Å². The summed E-state index contributed by atoms with van der Waals surface area (Å²) in [6.07, 6.45) is 1.45. The molecule has 2 heterocycles. The monoisotopic (exact) mass is 416 g/mol. The number of hydrogen-bond donors (Lipinski definition) is 1. The zero-order valence-electron chi connectivity index (χ0n) is 18.2. The lowest BCUT2D eigenvalue weighted by Crippen LogP contribution is -2.41. The molecule has 0 radical (unpaired) electrons. The van der Waals surface area contributed by atoms with Gasteiger partial charge in [0.15, 0.2) is 0 Å². The summed E-state index contributed by atoms with van der Waals surface area (Å²) >= 11 is 1.59. The lowest BCUT2D eigenvalue weighted by molar-refractivity contribution is 0.00578. The Morgan fingerprint density at radius 2 is 1.83 bits per heavy atom. The molecule has 29 heavy (non-hydrogen) atoms. The number of aromatic nitrogens is 1. The van der Waals surface area contributed by atoms with Crippen molar-refractivity contribution in [2.75, 3.05) is 6.54 Å². The highest BCUT2D eigenvalue weighted by Crippen LogP contribution is 2.39. The van der Waals surface area contributed by atoms with Gasteiger partial charge >= 0.3 is 13.2 Å². The molecule has 0 spiro atoms. The highest BCUT2D eigenvalue weighted by Gasteiger charge is 2.52. The summed E-state index contributed by atoms with van der Waals surface area (Å²) in [5, 5.41) is 3.65. The number of nitrogens with zero attached hydrogens (tertiary/aromatic N) is 1. The Morgan fingerprint density at radius 1 is 1.21 bits per heavy atom. The van der Waals surface area contributed by atoms with E-state index in [1.165, 1.54) is 0 Å². The van der Waals surface area contributed by atoms with E-state index in [1.54, 1.807) is 11.3 Å². The van der Waals surface area contributed by atoms with Gasteiger partial charge in [-0.2, -0.15) is 0 Å². The quantitative estimate of drug-likeness (QED) is 0.723. The van der Waals surface area contributed by atoms with Crippen LogP contribution in [0.15, 0.2) is 29.7 Å². The van der Waals surface area contributed by atoms with Crippen LogP contribution in [-0.4, -0.2) is 41.5 Å². The molecule has 156 valence electrons. The van der Waals surface area contributed by atoms with Gasteiger partial charge in [-0.15, -0.1) is 11.3 Å². The standard InChI is InChI=1S/C21H29BN2O4S/c1-19(2,3)26-18(25)23-13-14(22-27-20(4,5)21(6,7)28-22)12-17-24-15-10-8-9-11-16(15)29-17/h8-12H,13H2,1-7H3,(H,23,25). The maximum absolute atomic E-state index is 12.2. The topological polar surface area (TPSA) is 69.7 Å². The van der Waals surface area contributed by atoms with Crippen LogP contribution < -0.4 is 5.32 Å². The number of carbonyl (C=O) groups is 1. The minimum absolute atomic E-state index is 0.238. The first-order valence-electron chi connectivity index (χ1n) is 9.75. The second-order valence-corrected chi connectivity index (χ2v) is 10.2. The molecule has 0 atom stereocenters. The molecular weight excluding hydrogens is 387 g/mol. The van der Waals surface area contributed by atoms with Crippen LogP contribution in [0, 0.1) is 0 Å². The second-order valence-electron chi connectivity index (χ2n) is 9.18. The molecule has 1 amide bonds. The van der Waals surface area contributed by atoms with Crippen LogP contribution in [0.4, 0.5) is 4.79 Å². The predicted molar refractivity (Wildman–Crippen MR) is 118 cm³/mol. The number of carbonyl (C=O) groups excluding carboxylic acids is 1. The first-order valence-corrected chi connectivity index (χ1v) is 10.6. The summed E-state index contributed by atoms with van der Waals surface area (Å²) in [6, 6.07) is 7.98. The molecule has 6 nitrogen and oxygen atoms in total. The molecule has 1 saturated heterocycles. The normalized spacial score (nSPS) is 18.9. The highest BCUT2D eigenvalue weighted by molar-refractivity contribution is 7.19. The Bertz CT molecular complexity index is 881. The van der Waals surface area contributed by atoms with Gasteiger partial charge in [0.25, 0.3) is 0 Å². The zero-order valence-corrected chi connectivity index (χ0v) is 19.0. The third kappa shape index (κ3) is 5.18. The Labute approximate surface area is 176 Å². The summed E-state index contributed by atoms with van der Waals surface area (Å²) < 4.78 is 18.9. The summed E-state index contributed by atoms with van der Waals surface area (Å²) in [4.78, 5) is 16.8. The van der Waals surface area contributed by atoms with Crippen LogP contribution in [-0.2, 0) is 14.0 Å². The average Bonchev–Trinajstić information content (AvgIpc) is 3.07. The Kier molecular flexibility index (Phi) is 5.82. The fourth-order valence-corrected chi connectivity index (χ4v) is 3.74. The number of fused-ring (bicyclic) bond motifs is 1. The van der Waals surface area contributed by atoms with Crippen molar-refractivity contribution in [2.24, 2.45) is 0 Å². The molecular formula is C21H29BN2O4S. The second kappa shape index (κ2) is 7.74. The molecule has 0 unspecified atom stereocenters. The van der Waals surface area contributed by atoms with Crippen LogP contribution in [0.2, 0.25) is 0 Å². The molecule has 0 saturated carbocycles. The Hall–Kier alpha value is -1.90. The third-order valence-corrected chi connectivity index (χ3v) is 5.99. The van der Waals surface area contributed by atoms with E-state index in [2.05, 4.69) is 10.3 Å². The number of amides is 1. The number of alkyl carbamates (subject to hydrolysis) is 1. The van der Waals surface area contributed by atoms with Crippen LogP contribution >= 0.6 is 11.3 Å². The summed E-state index contributed by atoms with van der Waals surface area (Å²) in [5.74, 6) is 0. The van der Waals surface area contributed by atoms with Gasteiger partial charge in [0, 0.05) is 6.54 Å². The maximum Gasteiger partial charge on any atom is 0.492 e. The lowest BCUT2D eigenvalue weighted by atomic mass is 9.77. The van der Waals surface area contributed by atoms with E-state index in [9.17, 15) is 4.79 Å². The van der Waals surface area contributed by atoms with Gasteiger partial charge in [-0.25, -0.2) is 9.78 Å².